The Morgan fingerprint density at radius 2 is 1.55 bits per heavy atom. The van der Waals surface area contributed by atoms with Crippen molar-refractivity contribution in [2.45, 2.75) is 74.4 Å². The summed E-state index contributed by atoms with van der Waals surface area (Å²) in [5.74, 6) is 2.79. The quantitative estimate of drug-likeness (QED) is 0.118. The molecule has 1 N–H and O–H groups in total. The molecule has 1 unspecified atom stereocenters. The van der Waals surface area contributed by atoms with E-state index < -0.39 is 10.0 Å². The summed E-state index contributed by atoms with van der Waals surface area (Å²) >= 11 is 0. The Hall–Kier alpha value is -4.99. The van der Waals surface area contributed by atoms with E-state index in [4.69, 9.17) is 38.0 Å². The third-order valence-electron chi connectivity index (χ3n) is 10.7. The van der Waals surface area contributed by atoms with E-state index >= 15 is 8.42 Å². The highest BCUT2D eigenvalue weighted by Crippen LogP contribution is 2.46. The molecule has 292 valence electrons. The van der Waals surface area contributed by atoms with Gasteiger partial charge in [-0.25, -0.2) is 17.4 Å². The largest absolute Gasteiger partial charge is 0.497 e. The van der Waals surface area contributed by atoms with Gasteiger partial charge in [0.25, 0.3) is 10.0 Å². The van der Waals surface area contributed by atoms with Crippen LogP contribution in [-0.2, 0) is 26.0 Å². The summed E-state index contributed by atoms with van der Waals surface area (Å²) in [7, 11) is 1.62. The Balaban J connectivity index is 1.19. The van der Waals surface area contributed by atoms with Crippen LogP contribution < -0.4 is 28.6 Å². The SMILES string of the molecule is COc1ccc(CN(c2noc3cc(Nc4cc(C5CC5)n(C5CCCCO5)n4)c(OC)cc23)S(=O)(=O)c2c(OC)cc(C3CCOCC3)cc2OC)cc1. The third-order valence-corrected chi connectivity index (χ3v) is 12.5. The molecule has 4 heterocycles. The van der Waals surface area contributed by atoms with Gasteiger partial charge in [0.15, 0.2) is 28.3 Å². The number of nitrogens with one attached hydrogen (secondary N) is 1. The summed E-state index contributed by atoms with van der Waals surface area (Å²) in [6, 6.07) is 16.3. The molecule has 3 aliphatic rings. The van der Waals surface area contributed by atoms with Crippen LogP contribution in [0.2, 0.25) is 0 Å². The van der Waals surface area contributed by atoms with Crippen molar-refractivity contribution in [2.75, 3.05) is 57.9 Å². The molecule has 2 saturated heterocycles. The molecule has 55 heavy (non-hydrogen) atoms. The van der Waals surface area contributed by atoms with E-state index in [9.17, 15) is 0 Å². The summed E-state index contributed by atoms with van der Waals surface area (Å²) in [6.45, 7) is 1.90. The van der Waals surface area contributed by atoms with Crippen LogP contribution in [0.4, 0.5) is 17.3 Å². The predicted molar refractivity (Wildman–Crippen MR) is 206 cm³/mol. The lowest BCUT2D eigenvalue weighted by molar-refractivity contribution is -0.0409. The average Bonchev–Trinajstić information content (AvgIpc) is 3.87. The fraction of sp³-hybridized carbons (Fsp3) is 0.450. The number of rotatable bonds is 14. The number of aromatic nitrogens is 3. The molecule has 5 aromatic rings. The van der Waals surface area contributed by atoms with Crippen molar-refractivity contribution < 1.29 is 41.4 Å². The molecule has 0 amide bonds. The molecule has 3 aromatic carbocycles. The molecule has 2 aromatic heterocycles. The van der Waals surface area contributed by atoms with Gasteiger partial charge in [0, 0.05) is 43.6 Å². The lowest BCUT2D eigenvalue weighted by atomic mass is 9.91. The maximum Gasteiger partial charge on any atom is 0.273 e. The van der Waals surface area contributed by atoms with E-state index in [2.05, 4.69) is 16.5 Å². The lowest BCUT2D eigenvalue weighted by Crippen LogP contribution is -2.32. The van der Waals surface area contributed by atoms with Gasteiger partial charge in [0.2, 0.25) is 0 Å². The second kappa shape index (κ2) is 15.6. The van der Waals surface area contributed by atoms with Crippen LogP contribution in [0.15, 0.2) is 64.0 Å². The van der Waals surface area contributed by atoms with Crippen LogP contribution in [0.3, 0.4) is 0 Å². The summed E-state index contributed by atoms with van der Waals surface area (Å²) in [4.78, 5) is -0.118. The molecule has 0 spiro atoms. The van der Waals surface area contributed by atoms with Gasteiger partial charge >= 0.3 is 0 Å². The second-order valence-electron chi connectivity index (χ2n) is 14.2. The monoisotopic (exact) mass is 773 g/mol. The molecule has 1 atom stereocenters. The number of hydrogen-bond donors (Lipinski definition) is 1. The molecular weight excluding hydrogens is 727 g/mol. The van der Waals surface area contributed by atoms with Crippen molar-refractivity contribution in [1.82, 2.24) is 14.9 Å². The Morgan fingerprint density at radius 3 is 2.18 bits per heavy atom. The lowest BCUT2D eigenvalue weighted by Gasteiger charge is -2.27. The van der Waals surface area contributed by atoms with Crippen LogP contribution in [0.1, 0.15) is 79.8 Å². The van der Waals surface area contributed by atoms with Crippen molar-refractivity contribution in [2.24, 2.45) is 0 Å². The topological polar surface area (TPSA) is 149 Å². The van der Waals surface area contributed by atoms with Crippen LogP contribution in [0.5, 0.6) is 23.0 Å². The first kappa shape index (κ1) is 37.0. The summed E-state index contributed by atoms with van der Waals surface area (Å²) in [5.41, 5.74) is 3.70. The maximum atomic E-state index is 15.1. The van der Waals surface area contributed by atoms with Crippen molar-refractivity contribution in [3.63, 3.8) is 0 Å². The van der Waals surface area contributed by atoms with Crippen molar-refractivity contribution in [3.8, 4) is 23.0 Å². The molecule has 1 aliphatic carbocycles. The highest BCUT2D eigenvalue weighted by molar-refractivity contribution is 7.93. The second-order valence-corrected chi connectivity index (χ2v) is 16.0. The molecule has 3 fully saturated rings. The van der Waals surface area contributed by atoms with Gasteiger partial charge in [0.1, 0.15) is 23.0 Å². The van der Waals surface area contributed by atoms with E-state index in [1.165, 1.54) is 18.5 Å². The van der Waals surface area contributed by atoms with Crippen LogP contribution in [0.25, 0.3) is 11.0 Å². The van der Waals surface area contributed by atoms with Gasteiger partial charge in [-0.15, -0.1) is 0 Å². The number of ether oxygens (including phenoxy) is 6. The van der Waals surface area contributed by atoms with Crippen molar-refractivity contribution >= 4 is 38.3 Å². The minimum absolute atomic E-state index is 0.0722. The first-order valence-corrected chi connectivity index (χ1v) is 20.2. The first-order chi connectivity index (χ1) is 26.8. The number of fused-ring (bicyclic) bond motifs is 1. The number of anilines is 3. The molecule has 8 rings (SSSR count). The van der Waals surface area contributed by atoms with E-state index in [1.807, 2.05) is 16.8 Å². The standard InChI is InChI=1S/C40H47N5O9S/c1-48-29-12-8-25(9-13-29)24-44(55(46,47)39-35(50-3)19-28(20-36(39)51-4)26-14-17-52-18-15-26)40-30-21-34(49-2)31(22-33(30)54-43-40)41-37-23-32(27-10-11-27)45(42-37)38-7-5-6-16-53-38/h8-9,12-13,19-23,26-27,38H,5-7,10-11,14-18,24H2,1-4H3,(H,41,42). The molecular formula is C40H47N5O9S. The molecule has 0 radical (unpaired) electrons. The molecule has 14 nitrogen and oxygen atoms in total. The Labute approximate surface area is 320 Å². The zero-order valence-corrected chi connectivity index (χ0v) is 32.4. The van der Waals surface area contributed by atoms with Gasteiger partial charge in [-0.05, 0) is 92.3 Å². The number of sulfonamides is 1. The Kier molecular flexibility index (Phi) is 10.5. The van der Waals surface area contributed by atoms with E-state index in [1.54, 1.807) is 50.6 Å². The molecule has 1 saturated carbocycles. The molecule has 2 aliphatic heterocycles. The minimum atomic E-state index is -4.43. The number of nitrogens with zero attached hydrogens (tertiary/aromatic N) is 4. The van der Waals surface area contributed by atoms with Gasteiger partial charge in [-0.2, -0.15) is 5.10 Å². The van der Waals surface area contributed by atoms with Crippen molar-refractivity contribution in [3.05, 3.63) is 71.4 Å². The van der Waals surface area contributed by atoms with Gasteiger partial charge in [-0.3, -0.25) is 0 Å². The Bertz CT molecular complexity index is 2210. The summed E-state index contributed by atoms with van der Waals surface area (Å²) in [5, 5.41) is 13.2. The highest BCUT2D eigenvalue weighted by Gasteiger charge is 2.37. The number of methoxy groups -OCH3 is 4. The van der Waals surface area contributed by atoms with Gasteiger partial charge < -0.3 is 38.3 Å². The van der Waals surface area contributed by atoms with Crippen LogP contribution in [0, 0.1) is 0 Å². The Morgan fingerprint density at radius 1 is 0.818 bits per heavy atom. The first-order valence-electron chi connectivity index (χ1n) is 18.8. The highest BCUT2D eigenvalue weighted by atomic mass is 32.2. The summed E-state index contributed by atoms with van der Waals surface area (Å²) < 4.78 is 73.9. The van der Waals surface area contributed by atoms with E-state index in [0.717, 1.165) is 62.8 Å². The zero-order chi connectivity index (χ0) is 38.1. The van der Waals surface area contributed by atoms with Crippen molar-refractivity contribution in [1.29, 1.82) is 0 Å². The normalized spacial score (nSPS) is 17.9. The smallest absolute Gasteiger partial charge is 0.273 e. The predicted octanol–water partition coefficient (Wildman–Crippen LogP) is 7.67. The average molecular weight is 774 g/mol. The fourth-order valence-electron chi connectivity index (χ4n) is 7.54. The van der Waals surface area contributed by atoms with Crippen LogP contribution >= 0.6 is 0 Å². The third kappa shape index (κ3) is 7.40. The maximum absolute atomic E-state index is 15.1. The van der Waals surface area contributed by atoms with E-state index in [-0.39, 0.29) is 40.9 Å². The van der Waals surface area contributed by atoms with Gasteiger partial charge in [0.05, 0.1) is 46.1 Å². The zero-order valence-electron chi connectivity index (χ0n) is 31.6. The molecule has 0 bridgehead atoms. The fourth-order valence-corrected chi connectivity index (χ4v) is 9.23. The summed E-state index contributed by atoms with van der Waals surface area (Å²) in [6.07, 6.45) is 6.86. The van der Waals surface area contributed by atoms with Gasteiger partial charge in [-0.1, -0.05) is 17.3 Å². The number of benzene rings is 3. The minimum Gasteiger partial charge on any atom is -0.497 e. The van der Waals surface area contributed by atoms with E-state index in [0.29, 0.717) is 58.7 Å². The number of hydrogen-bond acceptors (Lipinski definition) is 12. The van der Waals surface area contributed by atoms with Crippen LogP contribution in [-0.4, -0.2) is 71.6 Å². The molecule has 15 heteroatoms.